The molecule has 1 unspecified atom stereocenters. The second kappa shape index (κ2) is 10.9. The van der Waals surface area contributed by atoms with Crippen LogP contribution in [0.15, 0.2) is 24.3 Å². The number of hydrogen-bond acceptors (Lipinski definition) is 6. The lowest BCUT2D eigenvalue weighted by atomic mass is 9.89. The van der Waals surface area contributed by atoms with Crippen molar-refractivity contribution in [3.8, 4) is 0 Å². The van der Waals surface area contributed by atoms with Crippen LogP contribution in [0.4, 0.5) is 5.69 Å². The molecule has 9 nitrogen and oxygen atoms in total. The maximum Gasteiger partial charge on any atom is 0.305 e. The van der Waals surface area contributed by atoms with Crippen molar-refractivity contribution in [2.45, 2.75) is 25.3 Å². The number of carbonyl (C=O) groups is 3. The first-order chi connectivity index (χ1) is 14.5. The summed E-state index contributed by atoms with van der Waals surface area (Å²) in [7, 11) is 0. The standard InChI is InChI=1S/C21H31N5O4/c27-19(25-18(12-20(28)29)16-4-2-6-23-13-16)14-24-21(30)15-3-1-5-17(11-15)26-9-7-22-8-10-26/h1,3,5,11,16,18,22-23H,2,4,6-10,12-14H2,(H,24,30)(H,25,27)(H,28,29)/t16?,18-/m0/s1. The fraction of sp³-hybridized carbons (Fsp3) is 0.571. The smallest absolute Gasteiger partial charge is 0.305 e. The number of benzene rings is 1. The van der Waals surface area contributed by atoms with Gasteiger partial charge < -0.3 is 31.3 Å². The Hall–Kier alpha value is -2.65. The minimum Gasteiger partial charge on any atom is -0.481 e. The number of carboxylic acid groups (broad SMARTS) is 1. The number of piperazine rings is 1. The van der Waals surface area contributed by atoms with Gasteiger partial charge >= 0.3 is 5.97 Å². The minimum absolute atomic E-state index is 0.0743. The Balaban J connectivity index is 1.52. The Morgan fingerprint density at radius 1 is 1.17 bits per heavy atom. The Bertz CT molecular complexity index is 745. The van der Waals surface area contributed by atoms with Gasteiger partial charge in [-0.3, -0.25) is 14.4 Å². The predicted molar refractivity (Wildman–Crippen MR) is 114 cm³/mol. The van der Waals surface area contributed by atoms with Crippen molar-refractivity contribution in [3.63, 3.8) is 0 Å². The molecule has 2 aliphatic heterocycles. The van der Waals surface area contributed by atoms with Crippen LogP contribution >= 0.6 is 0 Å². The maximum absolute atomic E-state index is 12.5. The van der Waals surface area contributed by atoms with Crippen molar-refractivity contribution in [2.24, 2.45) is 5.92 Å². The number of nitrogens with one attached hydrogen (secondary N) is 4. The van der Waals surface area contributed by atoms with Gasteiger partial charge in [0.2, 0.25) is 5.91 Å². The number of carbonyl (C=O) groups excluding carboxylic acids is 2. The highest BCUT2D eigenvalue weighted by molar-refractivity contribution is 5.97. The third-order valence-electron chi connectivity index (χ3n) is 5.64. The molecule has 2 fully saturated rings. The van der Waals surface area contributed by atoms with E-state index in [1.54, 1.807) is 6.07 Å². The van der Waals surface area contributed by atoms with E-state index < -0.39 is 12.0 Å². The molecule has 9 heteroatoms. The van der Waals surface area contributed by atoms with Crippen LogP contribution in [0.2, 0.25) is 0 Å². The Kier molecular flexibility index (Phi) is 8.04. The number of aliphatic carboxylic acids is 1. The van der Waals surface area contributed by atoms with Gasteiger partial charge in [-0.1, -0.05) is 6.07 Å². The highest BCUT2D eigenvalue weighted by Crippen LogP contribution is 2.18. The van der Waals surface area contributed by atoms with Crippen LogP contribution in [-0.4, -0.2) is 74.7 Å². The Morgan fingerprint density at radius 3 is 2.67 bits per heavy atom. The van der Waals surface area contributed by atoms with Crippen molar-refractivity contribution in [1.29, 1.82) is 0 Å². The summed E-state index contributed by atoms with van der Waals surface area (Å²) in [5, 5.41) is 21.2. The molecule has 0 aromatic heterocycles. The first-order valence-electron chi connectivity index (χ1n) is 10.6. The number of nitrogens with zero attached hydrogens (tertiary/aromatic N) is 1. The lowest BCUT2D eigenvalue weighted by Crippen LogP contribution is -2.49. The van der Waals surface area contributed by atoms with E-state index in [9.17, 15) is 19.5 Å². The number of amides is 2. The molecule has 164 valence electrons. The molecule has 3 rings (SSSR count). The molecule has 2 amide bonds. The highest BCUT2D eigenvalue weighted by atomic mass is 16.4. The molecule has 2 aliphatic rings. The number of carboxylic acids is 1. The van der Waals surface area contributed by atoms with Crippen molar-refractivity contribution in [3.05, 3.63) is 29.8 Å². The average molecular weight is 418 g/mol. The van der Waals surface area contributed by atoms with E-state index >= 15 is 0 Å². The van der Waals surface area contributed by atoms with Crippen LogP contribution in [0.3, 0.4) is 0 Å². The van der Waals surface area contributed by atoms with Gasteiger partial charge in [0.05, 0.1) is 13.0 Å². The molecule has 0 bridgehead atoms. The van der Waals surface area contributed by atoms with Crippen molar-refractivity contribution >= 4 is 23.5 Å². The normalized spacial score (nSPS) is 20.3. The molecular formula is C21H31N5O4. The monoisotopic (exact) mass is 417 g/mol. The first kappa shape index (κ1) is 22.0. The first-order valence-corrected chi connectivity index (χ1v) is 10.6. The molecule has 0 radical (unpaired) electrons. The van der Waals surface area contributed by atoms with Crippen LogP contribution in [-0.2, 0) is 9.59 Å². The van der Waals surface area contributed by atoms with Gasteiger partial charge in [0.25, 0.3) is 5.91 Å². The fourth-order valence-corrected chi connectivity index (χ4v) is 4.03. The molecule has 0 spiro atoms. The van der Waals surface area contributed by atoms with E-state index in [0.29, 0.717) is 12.1 Å². The summed E-state index contributed by atoms with van der Waals surface area (Å²) in [5.41, 5.74) is 1.48. The Morgan fingerprint density at radius 2 is 1.97 bits per heavy atom. The van der Waals surface area contributed by atoms with Gasteiger partial charge in [0, 0.05) is 43.5 Å². The van der Waals surface area contributed by atoms with Gasteiger partial charge in [-0.25, -0.2) is 0 Å². The maximum atomic E-state index is 12.5. The van der Waals surface area contributed by atoms with Crippen LogP contribution in [0.25, 0.3) is 0 Å². The van der Waals surface area contributed by atoms with Crippen LogP contribution in [0.5, 0.6) is 0 Å². The second-order valence-electron chi connectivity index (χ2n) is 7.85. The van der Waals surface area contributed by atoms with Crippen molar-refractivity contribution < 1.29 is 19.5 Å². The third kappa shape index (κ3) is 6.43. The van der Waals surface area contributed by atoms with Gasteiger partial charge in [-0.15, -0.1) is 0 Å². The molecule has 0 saturated carbocycles. The molecule has 2 saturated heterocycles. The highest BCUT2D eigenvalue weighted by Gasteiger charge is 2.27. The molecule has 0 aliphatic carbocycles. The van der Waals surface area contributed by atoms with E-state index in [4.69, 9.17) is 0 Å². The summed E-state index contributed by atoms with van der Waals surface area (Å²) in [5.74, 6) is -1.57. The number of hydrogen-bond donors (Lipinski definition) is 5. The molecule has 2 heterocycles. The molecule has 5 N–H and O–H groups in total. The van der Waals surface area contributed by atoms with Crippen LogP contribution < -0.4 is 26.2 Å². The molecule has 2 atom stereocenters. The summed E-state index contributed by atoms with van der Waals surface area (Å²) < 4.78 is 0. The fourth-order valence-electron chi connectivity index (χ4n) is 4.03. The SMILES string of the molecule is O=C(O)C[C@H](NC(=O)CNC(=O)c1cccc(N2CCNCC2)c1)C1CCCNC1. The van der Waals surface area contributed by atoms with E-state index in [2.05, 4.69) is 26.2 Å². The van der Waals surface area contributed by atoms with Gasteiger partial charge in [-0.2, -0.15) is 0 Å². The number of piperidine rings is 1. The lowest BCUT2D eigenvalue weighted by Gasteiger charge is -2.30. The number of anilines is 1. The topological polar surface area (TPSA) is 123 Å². The number of rotatable bonds is 8. The largest absolute Gasteiger partial charge is 0.481 e. The molecule has 1 aromatic rings. The van der Waals surface area contributed by atoms with Crippen LogP contribution in [0.1, 0.15) is 29.6 Å². The second-order valence-corrected chi connectivity index (χ2v) is 7.85. The van der Waals surface area contributed by atoms with Crippen molar-refractivity contribution in [2.75, 3.05) is 50.7 Å². The minimum atomic E-state index is -0.945. The summed E-state index contributed by atoms with van der Waals surface area (Å²) in [6.07, 6.45) is 1.70. The van der Waals surface area contributed by atoms with E-state index in [-0.39, 0.29) is 30.7 Å². The Labute approximate surface area is 176 Å². The summed E-state index contributed by atoms with van der Waals surface area (Å²) in [4.78, 5) is 38.3. The predicted octanol–water partition coefficient (Wildman–Crippen LogP) is -0.215. The summed E-state index contributed by atoms with van der Waals surface area (Å²) in [6.45, 7) is 4.99. The molecule has 30 heavy (non-hydrogen) atoms. The zero-order valence-electron chi connectivity index (χ0n) is 17.2. The molecular weight excluding hydrogens is 386 g/mol. The van der Waals surface area contributed by atoms with Gasteiger partial charge in [0.1, 0.15) is 0 Å². The third-order valence-corrected chi connectivity index (χ3v) is 5.64. The zero-order valence-corrected chi connectivity index (χ0v) is 17.2. The quantitative estimate of drug-likeness (QED) is 0.396. The summed E-state index contributed by atoms with van der Waals surface area (Å²) in [6, 6.07) is 6.92. The van der Waals surface area contributed by atoms with E-state index in [1.165, 1.54) is 0 Å². The van der Waals surface area contributed by atoms with Gasteiger partial charge in [0.15, 0.2) is 0 Å². The zero-order chi connectivity index (χ0) is 21.3. The summed E-state index contributed by atoms with van der Waals surface area (Å²) >= 11 is 0. The van der Waals surface area contributed by atoms with Gasteiger partial charge in [-0.05, 0) is 50.0 Å². The lowest BCUT2D eigenvalue weighted by molar-refractivity contribution is -0.138. The van der Waals surface area contributed by atoms with E-state index in [1.807, 2.05) is 18.2 Å². The molecule has 1 aromatic carbocycles. The van der Waals surface area contributed by atoms with E-state index in [0.717, 1.165) is 51.3 Å². The van der Waals surface area contributed by atoms with Crippen molar-refractivity contribution in [1.82, 2.24) is 21.3 Å². The van der Waals surface area contributed by atoms with Crippen LogP contribution in [0, 0.1) is 5.92 Å². The average Bonchev–Trinajstić information content (AvgIpc) is 2.78.